The van der Waals surface area contributed by atoms with E-state index in [1.807, 2.05) is 13.8 Å². The molecule has 2 aliphatic rings. The third kappa shape index (κ3) is 2.87. The Morgan fingerprint density at radius 1 is 1.33 bits per heavy atom. The van der Waals surface area contributed by atoms with Crippen molar-refractivity contribution >= 4 is 5.97 Å². The minimum Gasteiger partial charge on any atom is -0.460 e. The van der Waals surface area contributed by atoms with Crippen molar-refractivity contribution in [1.29, 1.82) is 0 Å². The molecular formula is C15H26O3. The molecule has 0 aromatic carbocycles. The molecule has 0 N–H and O–H groups in total. The normalized spacial score (nSPS) is 38.6. The van der Waals surface area contributed by atoms with Crippen molar-refractivity contribution < 1.29 is 14.3 Å². The first kappa shape index (κ1) is 13.9. The molecule has 2 fully saturated rings. The van der Waals surface area contributed by atoms with E-state index < -0.39 is 0 Å². The predicted octanol–water partition coefficient (Wildman–Crippen LogP) is 3.17. The van der Waals surface area contributed by atoms with Crippen LogP contribution in [0.2, 0.25) is 0 Å². The summed E-state index contributed by atoms with van der Waals surface area (Å²) in [6.07, 6.45) is 3.17. The van der Waals surface area contributed by atoms with Gasteiger partial charge in [0, 0.05) is 0 Å². The van der Waals surface area contributed by atoms with Crippen molar-refractivity contribution in [1.82, 2.24) is 0 Å². The molecule has 0 radical (unpaired) electrons. The monoisotopic (exact) mass is 254 g/mol. The predicted molar refractivity (Wildman–Crippen MR) is 70.2 cm³/mol. The highest BCUT2D eigenvalue weighted by atomic mass is 16.7. The lowest BCUT2D eigenvalue weighted by Crippen LogP contribution is -2.37. The van der Waals surface area contributed by atoms with Crippen LogP contribution in [0, 0.1) is 17.8 Å². The van der Waals surface area contributed by atoms with Gasteiger partial charge in [-0.25, -0.2) is 4.79 Å². The molecule has 0 aromatic rings. The number of hydrogen-bond donors (Lipinski definition) is 0. The van der Waals surface area contributed by atoms with Crippen LogP contribution in [0.1, 0.15) is 53.9 Å². The van der Waals surface area contributed by atoms with E-state index in [2.05, 4.69) is 20.8 Å². The highest BCUT2D eigenvalue weighted by Gasteiger charge is 2.55. The van der Waals surface area contributed by atoms with Crippen molar-refractivity contribution in [2.24, 2.45) is 17.8 Å². The average Bonchev–Trinajstić information content (AvgIpc) is 2.87. The fourth-order valence-corrected chi connectivity index (χ4v) is 3.06. The fourth-order valence-electron chi connectivity index (χ4n) is 3.06. The molecule has 2 rings (SSSR count). The lowest BCUT2D eigenvalue weighted by molar-refractivity contribution is -0.157. The molecule has 0 spiro atoms. The van der Waals surface area contributed by atoms with E-state index in [1.54, 1.807) is 0 Å². The van der Waals surface area contributed by atoms with Crippen LogP contribution in [-0.4, -0.2) is 23.8 Å². The third-order valence-corrected chi connectivity index (χ3v) is 4.44. The smallest absolute Gasteiger partial charge is 0.338 e. The molecule has 1 saturated carbocycles. The quantitative estimate of drug-likeness (QED) is 0.573. The Labute approximate surface area is 110 Å². The number of hydrogen-bond acceptors (Lipinski definition) is 3. The second-order valence-corrected chi connectivity index (χ2v) is 6.90. The van der Waals surface area contributed by atoms with Crippen molar-refractivity contribution in [3.63, 3.8) is 0 Å². The van der Waals surface area contributed by atoms with E-state index in [4.69, 9.17) is 9.47 Å². The lowest BCUT2D eigenvalue weighted by atomic mass is 9.75. The van der Waals surface area contributed by atoms with Crippen LogP contribution in [0.15, 0.2) is 0 Å². The fraction of sp³-hybridized carbons (Fsp3) is 0.933. The molecule has 3 heteroatoms. The second kappa shape index (κ2) is 4.84. The molecule has 1 heterocycles. The van der Waals surface area contributed by atoms with E-state index in [-0.39, 0.29) is 23.8 Å². The topological polar surface area (TPSA) is 38.8 Å². The maximum absolute atomic E-state index is 12.0. The number of carbonyl (C=O) groups excluding carboxylic acids is 1. The summed E-state index contributed by atoms with van der Waals surface area (Å²) in [5.41, 5.74) is -0.315. The van der Waals surface area contributed by atoms with Gasteiger partial charge in [0.25, 0.3) is 0 Å². The molecule has 18 heavy (non-hydrogen) atoms. The van der Waals surface area contributed by atoms with E-state index in [9.17, 15) is 4.79 Å². The largest absolute Gasteiger partial charge is 0.460 e. The number of carbonyl (C=O) groups is 1. The molecule has 0 amide bonds. The summed E-state index contributed by atoms with van der Waals surface area (Å²) >= 11 is 0. The Hall–Kier alpha value is -0.570. The summed E-state index contributed by atoms with van der Waals surface area (Å²) in [4.78, 5) is 12.0. The van der Waals surface area contributed by atoms with Gasteiger partial charge in [-0.05, 0) is 44.4 Å². The Balaban J connectivity index is 1.94. The standard InChI is InChI=1S/C15H26O3/c1-9(2)11-7-6-10(3)8-12(11)17-14(16)13-15(4,5)18-13/h9-13H,6-8H2,1-5H3/t10-,11+,12-,13-/m1/s1. The molecule has 0 aromatic heterocycles. The SMILES string of the molecule is CC(C)[C@@H]1CC[C@@H](C)C[C@H]1OC(=O)[C@H]1OC1(C)C. The summed E-state index contributed by atoms with van der Waals surface area (Å²) in [7, 11) is 0. The van der Waals surface area contributed by atoms with Gasteiger partial charge in [0.2, 0.25) is 0 Å². The second-order valence-electron chi connectivity index (χ2n) is 6.90. The van der Waals surface area contributed by atoms with E-state index >= 15 is 0 Å². The molecule has 0 unspecified atom stereocenters. The number of ether oxygens (including phenoxy) is 2. The summed E-state index contributed by atoms with van der Waals surface area (Å²) in [5.74, 6) is 1.58. The maximum atomic E-state index is 12.0. The van der Waals surface area contributed by atoms with Crippen LogP contribution in [0.25, 0.3) is 0 Å². The molecular weight excluding hydrogens is 228 g/mol. The van der Waals surface area contributed by atoms with Gasteiger partial charge >= 0.3 is 5.97 Å². The molecule has 4 atom stereocenters. The Morgan fingerprint density at radius 3 is 2.44 bits per heavy atom. The van der Waals surface area contributed by atoms with Gasteiger partial charge in [-0.2, -0.15) is 0 Å². The number of epoxide rings is 1. The van der Waals surface area contributed by atoms with Crippen LogP contribution >= 0.6 is 0 Å². The first-order chi connectivity index (χ1) is 8.31. The molecule has 0 bridgehead atoms. The van der Waals surface area contributed by atoms with Crippen molar-refractivity contribution in [2.45, 2.75) is 71.7 Å². The van der Waals surface area contributed by atoms with Crippen LogP contribution in [0.3, 0.4) is 0 Å². The van der Waals surface area contributed by atoms with Gasteiger partial charge in [-0.1, -0.05) is 27.2 Å². The van der Waals surface area contributed by atoms with Gasteiger partial charge in [0.15, 0.2) is 6.10 Å². The highest BCUT2D eigenvalue weighted by molar-refractivity contribution is 5.79. The van der Waals surface area contributed by atoms with E-state index in [0.29, 0.717) is 17.8 Å². The van der Waals surface area contributed by atoms with Gasteiger partial charge in [-0.3, -0.25) is 0 Å². The summed E-state index contributed by atoms with van der Waals surface area (Å²) in [6.45, 7) is 10.6. The number of esters is 1. The first-order valence-electron chi connectivity index (χ1n) is 7.19. The van der Waals surface area contributed by atoms with Gasteiger partial charge in [0.1, 0.15) is 11.7 Å². The van der Waals surface area contributed by atoms with Crippen LogP contribution < -0.4 is 0 Å². The van der Waals surface area contributed by atoms with Crippen LogP contribution in [-0.2, 0) is 14.3 Å². The van der Waals surface area contributed by atoms with Crippen LogP contribution in [0.4, 0.5) is 0 Å². The summed E-state index contributed by atoms with van der Waals surface area (Å²) < 4.78 is 11.1. The zero-order valence-corrected chi connectivity index (χ0v) is 12.2. The Bertz CT molecular complexity index is 322. The third-order valence-electron chi connectivity index (χ3n) is 4.44. The first-order valence-corrected chi connectivity index (χ1v) is 7.19. The van der Waals surface area contributed by atoms with Gasteiger partial charge in [0.05, 0.1) is 0 Å². The summed E-state index contributed by atoms with van der Waals surface area (Å²) in [6, 6.07) is 0. The van der Waals surface area contributed by atoms with Gasteiger partial charge < -0.3 is 9.47 Å². The van der Waals surface area contributed by atoms with Crippen molar-refractivity contribution in [3.8, 4) is 0 Å². The molecule has 1 saturated heterocycles. The minimum atomic E-state index is -0.345. The Kier molecular flexibility index (Phi) is 3.72. The lowest BCUT2D eigenvalue weighted by Gasteiger charge is -2.36. The molecule has 3 nitrogen and oxygen atoms in total. The van der Waals surface area contributed by atoms with Gasteiger partial charge in [-0.15, -0.1) is 0 Å². The summed E-state index contributed by atoms with van der Waals surface area (Å²) in [5, 5.41) is 0. The van der Waals surface area contributed by atoms with E-state index in [1.165, 1.54) is 12.8 Å². The zero-order valence-electron chi connectivity index (χ0n) is 12.2. The molecule has 104 valence electrons. The zero-order chi connectivity index (χ0) is 13.5. The molecule has 1 aliphatic carbocycles. The van der Waals surface area contributed by atoms with E-state index in [0.717, 1.165) is 6.42 Å². The van der Waals surface area contributed by atoms with Crippen LogP contribution in [0.5, 0.6) is 0 Å². The van der Waals surface area contributed by atoms with Crippen molar-refractivity contribution in [3.05, 3.63) is 0 Å². The maximum Gasteiger partial charge on any atom is 0.338 e. The molecule has 1 aliphatic heterocycles. The average molecular weight is 254 g/mol. The highest BCUT2D eigenvalue weighted by Crippen LogP contribution is 2.39. The Morgan fingerprint density at radius 2 is 1.94 bits per heavy atom. The number of rotatable bonds is 3. The van der Waals surface area contributed by atoms with Crippen molar-refractivity contribution in [2.75, 3.05) is 0 Å². The minimum absolute atomic E-state index is 0.0845.